The minimum Gasteiger partial charge on any atom is -0.469 e. The summed E-state index contributed by atoms with van der Waals surface area (Å²) in [5.41, 5.74) is 4.89. The van der Waals surface area contributed by atoms with Crippen molar-refractivity contribution in [2.45, 2.75) is 46.1 Å². The molecule has 0 saturated heterocycles. The first-order valence-electron chi connectivity index (χ1n) is 11.6. The Hall–Kier alpha value is -3.86. The molecule has 0 aliphatic heterocycles. The largest absolute Gasteiger partial charge is 0.469 e. The maximum Gasteiger partial charge on any atom is 0.165 e. The first-order valence-corrected chi connectivity index (χ1v) is 11.6. The number of oxime groups is 1. The van der Waals surface area contributed by atoms with Crippen LogP contribution in [-0.4, -0.2) is 16.6 Å². The van der Waals surface area contributed by atoms with E-state index in [1.165, 1.54) is 0 Å². The zero-order chi connectivity index (χ0) is 23.9. The molecule has 0 aliphatic carbocycles. The molecule has 2 heterocycles. The van der Waals surface area contributed by atoms with Crippen molar-refractivity contribution in [3.05, 3.63) is 113 Å². The van der Waals surface area contributed by atoms with E-state index in [0.717, 1.165) is 33.8 Å². The lowest BCUT2D eigenvalue weighted by molar-refractivity contribution is 0.0979. The topological polar surface area (TPSA) is 56.7 Å². The Morgan fingerprint density at radius 3 is 2.50 bits per heavy atom. The van der Waals surface area contributed by atoms with E-state index in [4.69, 9.17) is 9.25 Å². The van der Waals surface area contributed by atoms with E-state index in [9.17, 15) is 4.79 Å². The van der Waals surface area contributed by atoms with Crippen LogP contribution in [0, 0.1) is 6.92 Å². The highest BCUT2D eigenvalue weighted by molar-refractivity contribution is 5.99. The first-order chi connectivity index (χ1) is 16.5. The van der Waals surface area contributed by atoms with Crippen molar-refractivity contribution in [2.75, 3.05) is 0 Å². The van der Waals surface area contributed by atoms with E-state index in [0.29, 0.717) is 25.1 Å². The van der Waals surface area contributed by atoms with Crippen molar-refractivity contribution >= 4 is 12.0 Å². The summed E-state index contributed by atoms with van der Waals surface area (Å²) in [5, 5.41) is 4.23. The van der Waals surface area contributed by atoms with Crippen LogP contribution in [0.3, 0.4) is 0 Å². The minimum atomic E-state index is 0.0982. The van der Waals surface area contributed by atoms with Gasteiger partial charge in [0, 0.05) is 30.6 Å². The summed E-state index contributed by atoms with van der Waals surface area (Å²) in [7, 11) is 0. The first kappa shape index (κ1) is 23.3. The van der Waals surface area contributed by atoms with Gasteiger partial charge >= 0.3 is 0 Å². The normalized spacial score (nSPS) is 11.4. The van der Waals surface area contributed by atoms with Gasteiger partial charge in [-0.3, -0.25) is 4.79 Å². The van der Waals surface area contributed by atoms with Crippen molar-refractivity contribution < 1.29 is 14.0 Å². The van der Waals surface area contributed by atoms with Gasteiger partial charge in [-0.15, -0.1) is 0 Å². The highest BCUT2D eigenvalue weighted by atomic mass is 16.6. The van der Waals surface area contributed by atoms with Crippen LogP contribution in [0.2, 0.25) is 0 Å². The predicted octanol–water partition coefficient (Wildman–Crippen LogP) is 6.79. The molecule has 5 nitrogen and oxygen atoms in total. The Bertz CT molecular complexity index is 1230. The molecular formula is C29H30N2O3. The molecule has 2 aromatic carbocycles. The number of aryl methyl sites for hydroxylation is 2. The van der Waals surface area contributed by atoms with Crippen LogP contribution >= 0.6 is 0 Å². The summed E-state index contributed by atoms with van der Waals surface area (Å²) in [5.74, 6) is 1.74. The zero-order valence-corrected chi connectivity index (χ0v) is 19.9. The molecule has 5 heteroatoms. The second-order valence-corrected chi connectivity index (χ2v) is 8.74. The second kappa shape index (κ2) is 10.8. The molecule has 0 atom stereocenters. The van der Waals surface area contributed by atoms with Gasteiger partial charge in [0.25, 0.3) is 0 Å². The number of ketones is 1. The molecule has 2 aromatic heterocycles. The molecule has 0 radical (unpaired) electrons. The molecule has 0 N–H and O–H groups in total. The van der Waals surface area contributed by atoms with Crippen LogP contribution < -0.4 is 4.84 Å². The van der Waals surface area contributed by atoms with Gasteiger partial charge in [0.2, 0.25) is 0 Å². The third kappa shape index (κ3) is 5.73. The van der Waals surface area contributed by atoms with Gasteiger partial charge in [-0.25, -0.2) is 0 Å². The van der Waals surface area contributed by atoms with Crippen LogP contribution in [-0.2, 0) is 13.0 Å². The zero-order valence-electron chi connectivity index (χ0n) is 19.9. The van der Waals surface area contributed by atoms with Crippen molar-refractivity contribution in [2.24, 2.45) is 5.16 Å². The maximum absolute atomic E-state index is 13.3. The van der Waals surface area contributed by atoms with E-state index in [1.54, 1.807) is 12.5 Å². The average molecular weight is 455 g/mol. The number of Topliss-reactive ketones (excluding diaryl/α,β-unsaturated/α-hetero) is 1. The van der Waals surface area contributed by atoms with Crippen molar-refractivity contribution in [3.8, 4) is 5.75 Å². The van der Waals surface area contributed by atoms with Gasteiger partial charge in [0.1, 0.15) is 5.76 Å². The smallest absolute Gasteiger partial charge is 0.165 e. The number of carbonyl (C=O) groups excluding carboxylic acids is 1. The Morgan fingerprint density at radius 2 is 1.82 bits per heavy atom. The molecule has 4 aromatic rings. The van der Waals surface area contributed by atoms with Gasteiger partial charge in [-0.05, 0) is 48.7 Å². The third-order valence-electron chi connectivity index (χ3n) is 5.74. The number of hydrogen-bond acceptors (Lipinski definition) is 4. The molecule has 0 fully saturated rings. The fourth-order valence-electron chi connectivity index (χ4n) is 4.05. The molecule has 0 amide bonds. The summed E-state index contributed by atoms with van der Waals surface area (Å²) >= 11 is 0. The maximum atomic E-state index is 13.3. The molecule has 0 saturated carbocycles. The number of hydrogen-bond donors (Lipinski definition) is 0. The lowest BCUT2D eigenvalue weighted by Gasteiger charge is -2.16. The number of benzene rings is 2. The van der Waals surface area contributed by atoms with E-state index >= 15 is 0 Å². The number of carbonyl (C=O) groups is 1. The fourth-order valence-corrected chi connectivity index (χ4v) is 4.05. The van der Waals surface area contributed by atoms with E-state index < -0.39 is 0 Å². The molecule has 0 aliphatic rings. The van der Waals surface area contributed by atoms with Gasteiger partial charge in [-0.1, -0.05) is 67.0 Å². The van der Waals surface area contributed by atoms with Crippen LogP contribution in [0.4, 0.5) is 0 Å². The standard InChI is InChI=1S/C29H30N2O3/c1-21(2)29-27(28(32)16-15-25-10-7-17-33-25)18-24(31(29)20-23-8-5-4-6-9-23)19-30-34-26-13-11-22(3)12-14-26/h4-14,17-19,21H,15-16,20H2,1-3H3/b30-19+. The van der Waals surface area contributed by atoms with Crippen LogP contribution in [0.15, 0.2) is 88.6 Å². The summed E-state index contributed by atoms with van der Waals surface area (Å²) in [6, 6.07) is 23.7. The Morgan fingerprint density at radius 1 is 1.06 bits per heavy atom. The lowest BCUT2D eigenvalue weighted by Crippen LogP contribution is -2.12. The van der Waals surface area contributed by atoms with Gasteiger partial charge in [0.15, 0.2) is 11.5 Å². The van der Waals surface area contributed by atoms with Gasteiger partial charge in [-0.2, -0.15) is 0 Å². The molecule has 4 rings (SSSR count). The Labute approximate surface area is 200 Å². The fraction of sp³-hybridized carbons (Fsp3) is 0.241. The number of nitrogens with zero attached hydrogens (tertiary/aromatic N) is 2. The molecule has 34 heavy (non-hydrogen) atoms. The van der Waals surface area contributed by atoms with Crippen molar-refractivity contribution in [1.82, 2.24) is 4.57 Å². The van der Waals surface area contributed by atoms with Gasteiger partial charge < -0.3 is 13.8 Å². The summed E-state index contributed by atoms with van der Waals surface area (Å²) in [6.07, 6.45) is 4.29. The third-order valence-corrected chi connectivity index (χ3v) is 5.74. The average Bonchev–Trinajstić information content (AvgIpc) is 3.48. The highest BCUT2D eigenvalue weighted by Gasteiger charge is 2.22. The summed E-state index contributed by atoms with van der Waals surface area (Å²) in [4.78, 5) is 18.9. The van der Waals surface area contributed by atoms with Crippen LogP contribution in [0.5, 0.6) is 5.75 Å². The molecule has 0 bridgehead atoms. The number of furan rings is 1. The van der Waals surface area contributed by atoms with Gasteiger partial charge in [0.05, 0.1) is 18.2 Å². The van der Waals surface area contributed by atoms with Crippen LogP contribution in [0.25, 0.3) is 0 Å². The molecular weight excluding hydrogens is 424 g/mol. The van der Waals surface area contributed by atoms with Crippen LogP contribution in [0.1, 0.15) is 64.8 Å². The van der Waals surface area contributed by atoms with Crippen molar-refractivity contribution in [1.29, 1.82) is 0 Å². The highest BCUT2D eigenvalue weighted by Crippen LogP contribution is 2.27. The minimum absolute atomic E-state index is 0.0982. The second-order valence-electron chi connectivity index (χ2n) is 8.74. The molecule has 0 spiro atoms. The molecule has 0 unspecified atom stereocenters. The van der Waals surface area contributed by atoms with Crippen molar-refractivity contribution in [3.63, 3.8) is 0 Å². The monoisotopic (exact) mass is 454 g/mol. The predicted molar refractivity (Wildman–Crippen MR) is 135 cm³/mol. The quantitative estimate of drug-likeness (QED) is 0.151. The summed E-state index contributed by atoms with van der Waals surface area (Å²) in [6.45, 7) is 6.90. The Kier molecular flexibility index (Phi) is 7.43. The number of aromatic nitrogens is 1. The van der Waals surface area contributed by atoms with E-state index in [1.807, 2.05) is 67.6 Å². The van der Waals surface area contributed by atoms with E-state index in [2.05, 4.69) is 35.7 Å². The number of rotatable bonds is 10. The van der Waals surface area contributed by atoms with E-state index in [-0.39, 0.29) is 11.7 Å². The SMILES string of the molecule is Cc1ccc(O/N=C/c2cc(C(=O)CCc3ccco3)c(C(C)C)n2Cc2ccccc2)cc1. The summed E-state index contributed by atoms with van der Waals surface area (Å²) < 4.78 is 7.58. The Balaban J connectivity index is 1.65. The molecule has 174 valence electrons. The lowest BCUT2D eigenvalue weighted by atomic mass is 9.99.